The summed E-state index contributed by atoms with van der Waals surface area (Å²) in [7, 11) is -3.88. The molecule has 0 atom stereocenters. The van der Waals surface area contributed by atoms with Crippen LogP contribution in [0.25, 0.3) is 0 Å². The Balaban J connectivity index is 1.79. The molecule has 4 rings (SSSR count). The summed E-state index contributed by atoms with van der Waals surface area (Å²) in [6.45, 7) is 1.55. The van der Waals surface area contributed by atoms with Crippen LogP contribution in [0.3, 0.4) is 0 Å². The summed E-state index contributed by atoms with van der Waals surface area (Å²) >= 11 is 0. The van der Waals surface area contributed by atoms with Gasteiger partial charge in [0.05, 0.1) is 22.7 Å². The number of benzene rings is 3. The van der Waals surface area contributed by atoms with Gasteiger partial charge in [0, 0.05) is 13.1 Å². The first kappa shape index (κ1) is 22.1. The van der Waals surface area contributed by atoms with Crippen LogP contribution in [0.2, 0.25) is 0 Å². The van der Waals surface area contributed by atoms with Gasteiger partial charge in [-0.1, -0.05) is 73.5 Å². The molecule has 0 radical (unpaired) electrons. The van der Waals surface area contributed by atoms with E-state index < -0.39 is 10.0 Å². The molecule has 0 spiro atoms. The molecule has 1 aliphatic rings. The molecular weight excluding hydrogens is 420 g/mol. The molecule has 1 amide bonds. The van der Waals surface area contributed by atoms with Crippen LogP contribution in [0.5, 0.6) is 0 Å². The van der Waals surface area contributed by atoms with E-state index in [-0.39, 0.29) is 17.3 Å². The predicted octanol–water partition coefficient (Wildman–Crippen LogP) is 5.10. The molecule has 1 saturated heterocycles. The summed E-state index contributed by atoms with van der Waals surface area (Å²) in [5.41, 5.74) is 1.68. The third-order valence-electron chi connectivity index (χ3n) is 5.80. The second-order valence-electron chi connectivity index (χ2n) is 8.03. The molecular formula is C26H28N2O3S. The number of hydrogen-bond donors (Lipinski definition) is 0. The van der Waals surface area contributed by atoms with Gasteiger partial charge >= 0.3 is 0 Å². The molecule has 0 N–H and O–H groups in total. The molecule has 1 aliphatic heterocycles. The highest BCUT2D eigenvalue weighted by Crippen LogP contribution is 2.30. The van der Waals surface area contributed by atoms with Crippen molar-refractivity contribution in [2.75, 3.05) is 17.4 Å². The average molecular weight is 449 g/mol. The van der Waals surface area contributed by atoms with Crippen LogP contribution < -0.4 is 4.31 Å². The monoisotopic (exact) mass is 448 g/mol. The van der Waals surface area contributed by atoms with E-state index in [0.717, 1.165) is 31.2 Å². The van der Waals surface area contributed by atoms with Gasteiger partial charge in [0.2, 0.25) is 0 Å². The molecule has 166 valence electrons. The van der Waals surface area contributed by atoms with Crippen molar-refractivity contribution in [1.29, 1.82) is 0 Å². The van der Waals surface area contributed by atoms with Crippen LogP contribution in [0, 0.1) is 0 Å². The Hall–Kier alpha value is -3.12. The smallest absolute Gasteiger partial charge is 0.264 e. The van der Waals surface area contributed by atoms with Crippen LogP contribution in [-0.4, -0.2) is 32.3 Å². The minimum Gasteiger partial charge on any atom is -0.339 e. The first-order valence-corrected chi connectivity index (χ1v) is 12.5. The number of hydrogen-bond acceptors (Lipinski definition) is 3. The van der Waals surface area contributed by atoms with E-state index in [1.54, 1.807) is 54.6 Å². The van der Waals surface area contributed by atoms with Gasteiger partial charge in [0.25, 0.3) is 15.9 Å². The van der Waals surface area contributed by atoms with E-state index in [1.807, 2.05) is 35.2 Å². The third kappa shape index (κ3) is 4.86. The number of carbonyl (C=O) groups excluding carboxylic acids is 1. The molecule has 0 bridgehead atoms. The van der Waals surface area contributed by atoms with E-state index >= 15 is 0 Å². The molecule has 1 fully saturated rings. The average Bonchev–Trinajstić information content (AvgIpc) is 3.13. The Labute approximate surface area is 190 Å². The first-order chi connectivity index (χ1) is 15.6. The lowest BCUT2D eigenvalue weighted by molar-refractivity contribution is 0.0762. The van der Waals surface area contributed by atoms with Crippen molar-refractivity contribution in [3.8, 4) is 0 Å². The van der Waals surface area contributed by atoms with Crippen LogP contribution in [0.15, 0.2) is 89.8 Å². The summed E-state index contributed by atoms with van der Waals surface area (Å²) in [6, 6.07) is 24.9. The number of likely N-dealkylation sites (tertiary alicyclic amines) is 1. The van der Waals surface area contributed by atoms with Gasteiger partial charge in [-0.05, 0) is 42.7 Å². The van der Waals surface area contributed by atoms with Crippen molar-refractivity contribution < 1.29 is 13.2 Å². The maximum atomic E-state index is 13.7. The van der Waals surface area contributed by atoms with Gasteiger partial charge in [-0.3, -0.25) is 9.10 Å². The maximum Gasteiger partial charge on any atom is 0.264 e. The number of anilines is 1. The Kier molecular flexibility index (Phi) is 6.90. The molecule has 32 heavy (non-hydrogen) atoms. The lowest BCUT2D eigenvalue weighted by atomic mass is 10.1. The molecule has 6 heteroatoms. The maximum absolute atomic E-state index is 13.7. The van der Waals surface area contributed by atoms with Crippen LogP contribution in [0.1, 0.15) is 41.6 Å². The Morgan fingerprint density at radius 3 is 1.97 bits per heavy atom. The fourth-order valence-electron chi connectivity index (χ4n) is 4.08. The highest BCUT2D eigenvalue weighted by molar-refractivity contribution is 7.92. The zero-order valence-corrected chi connectivity index (χ0v) is 18.9. The van der Waals surface area contributed by atoms with Crippen LogP contribution >= 0.6 is 0 Å². The molecule has 3 aromatic rings. The van der Waals surface area contributed by atoms with Crippen LogP contribution in [0.4, 0.5) is 5.69 Å². The molecule has 0 saturated carbocycles. The standard InChI is InChI=1S/C26H28N2O3S/c29-26(27-19-11-1-2-12-20-27)24-17-9-10-18-25(24)28(21-22-13-5-3-6-14-22)32(30,31)23-15-7-4-8-16-23/h3-10,13-18H,1-2,11-12,19-21H2. The minimum absolute atomic E-state index is 0.108. The summed E-state index contributed by atoms with van der Waals surface area (Å²) in [6.07, 6.45) is 4.19. The van der Waals surface area contributed by atoms with Gasteiger partial charge in [0.1, 0.15) is 0 Å². The van der Waals surface area contributed by atoms with Crippen molar-refractivity contribution in [1.82, 2.24) is 4.90 Å². The number of carbonyl (C=O) groups is 1. The van der Waals surface area contributed by atoms with Crippen molar-refractivity contribution in [2.45, 2.75) is 37.1 Å². The summed E-state index contributed by atoms with van der Waals surface area (Å²) in [5, 5.41) is 0. The number of nitrogens with zero attached hydrogens (tertiary/aromatic N) is 2. The molecule has 3 aromatic carbocycles. The van der Waals surface area contributed by atoms with Crippen molar-refractivity contribution in [3.05, 3.63) is 96.1 Å². The first-order valence-electron chi connectivity index (χ1n) is 11.1. The van der Waals surface area contributed by atoms with Crippen molar-refractivity contribution in [3.63, 3.8) is 0 Å². The summed E-state index contributed by atoms with van der Waals surface area (Å²) in [5.74, 6) is -0.108. The highest BCUT2D eigenvalue weighted by Gasteiger charge is 2.30. The van der Waals surface area contributed by atoms with E-state index in [1.165, 1.54) is 4.31 Å². The lowest BCUT2D eigenvalue weighted by Gasteiger charge is -2.28. The second kappa shape index (κ2) is 10.0. The van der Waals surface area contributed by atoms with Gasteiger partial charge in [-0.25, -0.2) is 8.42 Å². The lowest BCUT2D eigenvalue weighted by Crippen LogP contribution is -2.36. The van der Waals surface area contributed by atoms with Crippen LogP contribution in [-0.2, 0) is 16.6 Å². The van der Waals surface area contributed by atoms with Gasteiger partial charge < -0.3 is 4.90 Å². The molecule has 0 aromatic heterocycles. The third-order valence-corrected chi connectivity index (χ3v) is 7.57. The van der Waals surface area contributed by atoms with Crippen molar-refractivity contribution >= 4 is 21.6 Å². The molecule has 1 heterocycles. The molecule has 0 aliphatic carbocycles. The molecule has 5 nitrogen and oxygen atoms in total. The number of sulfonamides is 1. The quantitative estimate of drug-likeness (QED) is 0.527. The topological polar surface area (TPSA) is 57.7 Å². The van der Waals surface area contributed by atoms with E-state index in [0.29, 0.717) is 24.3 Å². The van der Waals surface area contributed by atoms with Gasteiger partial charge in [-0.2, -0.15) is 0 Å². The number of para-hydroxylation sites is 1. The highest BCUT2D eigenvalue weighted by atomic mass is 32.2. The summed E-state index contributed by atoms with van der Waals surface area (Å²) < 4.78 is 28.9. The normalized spacial score (nSPS) is 14.6. The van der Waals surface area contributed by atoms with Gasteiger partial charge in [0.15, 0.2) is 0 Å². The zero-order chi connectivity index (χ0) is 22.4. The zero-order valence-electron chi connectivity index (χ0n) is 18.1. The van der Waals surface area contributed by atoms with E-state index in [4.69, 9.17) is 0 Å². The Bertz CT molecular complexity index is 1140. The fourth-order valence-corrected chi connectivity index (χ4v) is 5.58. The Morgan fingerprint density at radius 2 is 1.31 bits per heavy atom. The summed E-state index contributed by atoms with van der Waals surface area (Å²) in [4.78, 5) is 15.6. The Morgan fingerprint density at radius 1 is 0.750 bits per heavy atom. The fraction of sp³-hybridized carbons (Fsp3) is 0.269. The SMILES string of the molecule is O=C(c1ccccc1N(Cc1ccccc1)S(=O)(=O)c1ccccc1)N1CCCCCC1. The molecule has 0 unspecified atom stereocenters. The predicted molar refractivity (Wildman–Crippen MR) is 127 cm³/mol. The van der Waals surface area contributed by atoms with E-state index in [2.05, 4.69) is 0 Å². The largest absolute Gasteiger partial charge is 0.339 e. The number of rotatable bonds is 6. The van der Waals surface area contributed by atoms with Crippen molar-refractivity contribution in [2.24, 2.45) is 0 Å². The second-order valence-corrected chi connectivity index (χ2v) is 9.90. The van der Waals surface area contributed by atoms with E-state index in [9.17, 15) is 13.2 Å². The number of amides is 1. The minimum atomic E-state index is -3.88. The van der Waals surface area contributed by atoms with Gasteiger partial charge in [-0.15, -0.1) is 0 Å².